The number of benzene rings is 1. The summed E-state index contributed by atoms with van der Waals surface area (Å²) in [6.07, 6.45) is 3.06. The highest BCUT2D eigenvalue weighted by Gasteiger charge is 2.23. The molecule has 2 heterocycles. The Bertz CT molecular complexity index is 919. The maximum Gasteiger partial charge on any atom is 0.291 e. The number of aromatic nitrogens is 1. The van der Waals surface area contributed by atoms with Crippen LogP contribution in [-0.2, 0) is 9.84 Å². The van der Waals surface area contributed by atoms with E-state index in [-0.39, 0.29) is 15.7 Å². The van der Waals surface area contributed by atoms with E-state index in [1.54, 1.807) is 30.3 Å². The van der Waals surface area contributed by atoms with Gasteiger partial charge < -0.3 is 9.73 Å². The lowest BCUT2D eigenvalue weighted by atomic mass is 10.3. The predicted octanol–water partition coefficient (Wildman–Crippen LogP) is 2.76. The molecule has 0 fully saturated rings. The molecule has 0 radical (unpaired) electrons. The van der Waals surface area contributed by atoms with E-state index in [1.165, 1.54) is 36.7 Å². The first-order chi connectivity index (χ1) is 11.1. The van der Waals surface area contributed by atoms with E-state index in [1.807, 2.05) is 0 Å². The molecule has 0 aliphatic heterocycles. The van der Waals surface area contributed by atoms with Crippen LogP contribution in [0.1, 0.15) is 10.6 Å². The van der Waals surface area contributed by atoms with Crippen molar-refractivity contribution in [2.45, 2.75) is 9.99 Å². The van der Waals surface area contributed by atoms with Crippen LogP contribution in [0.2, 0.25) is 0 Å². The fourth-order valence-corrected chi connectivity index (χ4v) is 3.12. The molecule has 1 amide bonds. The second-order valence-corrected chi connectivity index (χ2v) is 6.51. The van der Waals surface area contributed by atoms with Gasteiger partial charge in [0.2, 0.25) is 14.9 Å². The van der Waals surface area contributed by atoms with Gasteiger partial charge in [-0.05, 0) is 36.4 Å². The summed E-state index contributed by atoms with van der Waals surface area (Å²) in [5.41, 5.74) is 0.536. The molecule has 7 heteroatoms. The summed E-state index contributed by atoms with van der Waals surface area (Å²) in [6, 6.07) is 13.7. The monoisotopic (exact) mass is 328 g/mol. The first-order valence-corrected chi connectivity index (χ1v) is 8.17. The minimum atomic E-state index is -3.78. The predicted molar refractivity (Wildman–Crippen MR) is 82.8 cm³/mol. The van der Waals surface area contributed by atoms with Gasteiger partial charge in [0.1, 0.15) is 0 Å². The third kappa shape index (κ3) is 3.14. The highest BCUT2D eigenvalue weighted by atomic mass is 32.2. The van der Waals surface area contributed by atoms with Gasteiger partial charge in [-0.3, -0.25) is 9.78 Å². The van der Waals surface area contributed by atoms with Crippen molar-refractivity contribution in [2.24, 2.45) is 0 Å². The van der Waals surface area contributed by atoms with E-state index in [0.29, 0.717) is 5.69 Å². The first-order valence-electron chi connectivity index (χ1n) is 6.69. The first kappa shape index (κ1) is 15.0. The van der Waals surface area contributed by atoms with Gasteiger partial charge in [-0.1, -0.05) is 18.2 Å². The summed E-state index contributed by atoms with van der Waals surface area (Å²) in [7, 11) is -3.78. The minimum absolute atomic E-state index is 0.0867. The molecule has 0 unspecified atom stereocenters. The number of carbonyl (C=O) groups excluding carboxylic acids is 1. The maximum absolute atomic E-state index is 12.4. The number of nitrogens with zero attached hydrogens (tertiary/aromatic N) is 1. The highest BCUT2D eigenvalue weighted by molar-refractivity contribution is 7.91. The van der Waals surface area contributed by atoms with Crippen molar-refractivity contribution in [3.63, 3.8) is 0 Å². The Morgan fingerprint density at radius 1 is 0.957 bits per heavy atom. The van der Waals surface area contributed by atoms with Crippen molar-refractivity contribution in [1.29, 1.82) is 0 Å². The van der Waals surface area contributed by atoms with Crippen molar-refractivity contribution in [2.75, 3.05) is 5.32 Å². The van der Waals surface area contributed by atoms with Gasteiger partial charge >= 0.3 is 0 Å². The molecule has 0 spiro atoms. The molecule has 0 bridgehead atoms. The van der Waals surface area contributed by atoms with Crippen LogP contribution < -0.4 is 5.32 Å². The Balaban J connectivity index is 1.85. The Morgan fingerprint density at radius 2 is 1.65 bits per heavy atom. The summed E-state index contributed by atoms with van der Waals surface area (Å²) < 4.78 is 30.0. The number of anilines is 1. The molecule has 0 atom stereocenters. The molecule has 3 rings (SSSR count). The number of rotatable bonds is 4. The van der Waals surface area contributed by atoms with E-state index >= 15 is 0 Å². The number of amides is 1. The van der Waals surface area contributed by atoms with Crippen LogP contribution in [-0.4, -0.2) is 19.3 Å². The summed E-state index contributed by atoms with van der Waals surface area (Å²) in [4.78, 5) is 16.0. The normalized spacial score (nSPS) is 11.1. The Kier molecular flexibility index (Phi) is 3.94. The van der Waals surface area contributed by atoms with Crippen molar-refractivity contribution in [3.05, 3.63) is 72.8 Å². The molecule has 1 N–H and O–H groups in total. The molecule has 3 aromatic rings. The van der Waals surface area contributed by atoms with Crippen molar-refractivity contribution in [1.82, 2.24) is 4.98 Å². The molecule has 0 saturated carbocycles. The number of pyridine rings is 1. The van der Waals surface area contributed by atoms with Gasteiger partial charge in [-0.2, -0.15) is 0 Å². The largest absolute Gasteiger partial charge is 0.439 e. The number of hydrogen-bond donors (Lipinski definition) is 1. The average Bonchev–Trinajstić information content (AvgIpc) is 3.07. The van der Waals surface area contributed by atoms with Gasteiger partial charge in [0.25, 0.3) is 5.91 Å². The third-order valence-corrected chi connectivity index (χ3v) is 4.70. The van der Waals surface area contributed by atoms with Gasteiger partial charge in [-0.15, -0.1) is 0 Å². The number of nitrogens with one attached hydrogen (secondary N) is 1. The Hall–Kier alpha value is -2.93. The van der Waals surface area contributed by atoms with Crippen molar-refractivity contribution in [3.8, 4) is 0 Å². The zero-order chi connectivity index (χ0) is 16.3. The topological polar surface area (TPSA) is 89.3 Å². The molecule has 116 valence electrons. The zero-order valence-corrected chi connectivity index (χ0v) is 12.7. The maximum atomic E-state index is 12.4. The van der Waals surface area contributed by atoms with Crippen LogP contribution in [0.15, 0.2) is 81.4 Å². The second kappa shape index (κ2) is 6.05. The Labute approximate surface area is 132 Å². The van der Waals surface area contributed by atoms with Crippen LogP contribution in [0, 0.1) is 0 Å². The fraction of sp³-hybridized carbons (Fsp3) is 0. The van der Waals surface area contributed by atoms with Gasteiger partial charge in [0, 0.05) is 18.1 Å². The fourth-order valence-electron chi connectivity index (χ4n) is 1.93. The third-order valence-electron chi connectivity index (χ3n) is 3.06. The molecule has 1 aromatic carbocycles. The van der Waals surface area contributed by atoms with E-state index in [2.05, 4.69) is 10.3 Å². The molecule has 0 saturated heterocycles. The zero-order valence-electron chi connectivity index (χ0n) is 11.8. The minimum Gasteiger partial charge on any atom is -0.439 e. The van der Waals surface area contributed by atoms with Crippen molar-refractivity contribution < 1.29 is 17.6 Å². The van der Waals surface area contributed by atoms with E-state index in [9.17, 15) is 13.2 Å². The van der Waals surface area contributed by atoms with Gasteiger partial charge in [0.05, 0.1) is 4.90 Å². The van der Waals surface area contributed by atoms with Gasteiger partial charge in [0.15, 0.2) is 5.76 Å². The number of carbonyl (C=O) groups is 1. The lowest BCUT2D eigenvalue weighted by molar-refractivity contribution is 0.0991. The molecule has 2 aromatic heterocycles. The van der Waals surface area contributed by atoms with Crippen LogP contribution in [0.5, 0.6) is 0 Å². The Morgan fingerprint density at radius 3 is 2.35 bits per heavy atom. The summed E-state index contributed by atoms with van der Waals surface area (Å²) >= 11 is 0. The molecule has 0 aliphatic rings. The van der Waals surface area contributed by atoms with E-state index < -0.39 is 15.7 Å². The van der Waals surface area contributed by atoms with E-state index in [4.69, 9.17) is 4.42 Å². The van der Waals surface area contributed by atoms with E-state index in [0.717, 1.165) is 0 Å². The summed E-state index contributed by atoms with van der Waals surface area (Å²) in [6.45, 7) is 0. The number of furan rings is 1. The molecule has 6 nitrogen and oxygen atoms in total. The number of sulfone groups is 1. The van der Waals surface area contributed by atoms with Crippen LogP contribution in [0.25, 0.3) is 0 Å². The average molecular weight is 328 g/mol. The molecular weight excluding hydrogens is 316 g/mol. The second-order valence-electron chi connectivity index (χ2n) is 4.63. The SMILES string of the molecule is O=C(Nc1ccncc1)c1ccc(S(=O)(=O)c2ccccc2)o1. The quantitative estimate of drug-likeness (QED) is 0.795. The molecule has 0 aliphatic carbocycles. The van der Waals surface area contributed by atoms with Crippen LogP contribution in [0.4, 0.5) is 5.69 Å². The number of hydrogen-bond acceptors (Lipinski definition) is 5. The smallest absolute Gasteiger partial charge is 0.291 e. The summed E-state index contributed by atoms with van der Waals surface area (Å²) in [5.74, 6) is -0.623. The van der Waals surface area contributed by atoms with Crippen LogP contribution >= 0.6 is 0 Å². The highest BCUT2D eigenvalue weighted by Crippen LogP contribution is 2.23. The van der Waals surface area contributed by atoms with Gasteiger partial charge in [-0.25, -0.2) is 8.42 Å². The summed E-state index contributed by atoms with van der Waals surface area (Å²) in [5, 5.41) is 2.32. The van der Waals surface area contributed by atoms with Crippen LogP contribution in [0.3, 0.4) is 0 Å². The van der Waals surface area contributed by atoms with Crippen molar-refractivity contribution >= 4 is 21.4 Å². The lowest BCUT2D eigenvalue weighted by Gasteiger charge is -2.02. The lowest BCUT2D eigenvalue weighted by Crippen LogP contribution is -2.10. The standard InChI is InChI=1S/C16H12N2O4S/c19-16(18-12-8-10-17-11-9-12)14-6-7-15(22-14)23(20,21)13-4-2-1-3-5-13/h1-11H,(H,17,18,19). The molecule has 23 heavy (non-hydrogen) atoms. The molecular formula is C16H12N2O4S.